The summed E-state index contributed by atoms with van der Waals surface area (Å²) in [5.41, 5.74) is 1.83. The number of hydrogen-bond acceptors (Lipinski definition) is 2. The molecule has 1 aromatic carbocycles. The molecule has 16 heavy (non-hydrogen) atoms. The predicted octanol–water partition coefficient (Wildman–Crippen LogP) is 2.75. The van der Waals surface area contributed by atoms with Gasteiger partial charge in [0.1, 0.15) is 0 Å². The number of sulfonamides is 1. The van der Waals surface area contributed by atoms with Crippen LogP contribution in [0.2, 0.25) is 0 Å². The van der Waals surface area contributed by atoms with Crippen molar-refractivity contribution in [3.63, 3.8) is 0 Å². The maximum atomic E-state index is 11.1. The molecule has 0 aromatic heterocycles. The normalized spacial score (nSPS) is 12.5. The molecule has 4 heteroatoms. The number of hydrogen-bond donors (Lipinski definition) is 1. The molecular formula is C12H19NO2S. The van der Waals surface area contributed by atoms with Gasteiger partial charge >= 0.3 is 0 Å². The van der Waals surface area contributed by atoms with E-state index >= 15 is 0 Å². The molecule has 0 saturated carbocycles. The van der Waals surface area contributed by atoms with Gasteiger partial charge in [-0.15, -0.1) is 0 Å². The van der Waals surface area contributed by atoms with Gasteiger partial charge in [-0.2, -0.15) is 0 Å². The van der Waals surface area contributed by atoms with E-state index in [1.54, 1.807) is 6.07 Å². The van der Waals surface area contributed by atoms with Gasteiger partial charge in [0, 0.05) is 5.69 Å². The van der Waals surface area contributed by atoms with Crippen molar-refractivity contribution in [3.8, 4) is 0 Å². The van der Waals surface area contributed by atoms with Crippen LogP contribution in [0.1, 0.15) is 32.8 Å². The molecule has 0 bridgehead atoms. The Bertz CT molecular complexity index is 464. The molecule has 0 fully saturated rings. The molecule has 0 aliphatic carbocycles. The Morgan fingerprint density at radius 2 is 1.94 bits per heavy atom. The zero-order valence-electron chi connectivity index (χ0n) is 10.2. The molecule has 0 radical (unpaired) electrons. The molecule has 1 aromatic rings. The molecule has 0 saturated heterocycles. The van der Waals surface area contributed by atoms with Crippen LogP contribution in [0.25, 0.3) is 0 Å². The molecule has 0 amide bonds. The first-order valence-corrected chi connectivity index (χ1v) is 7.22. The monoisotopic (exact) mass is 241 g/mol. The van der Waals surface area contributed by atoms with Crippen LogP contribution in [0.4, 0.5) is 5.69 Å². The van der Waals surface area contributed by atoms with Gasteiger partial charge in [-0.1, -0.05) is 32.9 Å². The highest BCUT2D eigenvalue weighted by Gasteiger charge is 2.18. The molecule has 0 atom stereocenters. The zero-order valence-corrected chi connectivity index (χ0v) is 11.1. The average Bonchev–Trinajstić information content (AvgIpc) is 2.15. The highest BCUT2D eigenvalue weighted by molar-refractivity contribution is 7.92. The van der Waals surface area contributed by atoms with Crippen LogP contribution in [-0.4, -0.2) is 14.7 Å². The number of nitrogens with one attached hydrogen (secondary N) is 1. The van der Waals surface area contributed by atoms with Gasteiger partial charge in [0.05, 0.1) is 6.26 Å². The molecule has 0 spiro atoms. The van der Waals surface area contributed by atoms with E-state index in [0.717, 1.165) is 18.2 Å². The van der Waals surface area contributed by atoms with Gasteiger partial charge in [0.25, 0.3) is 0 Å². The van der Waals surface area contributed by atoms with Crippen LogP contribution >= 0.6 is 0 Å². The van der Waals surface area contributed by atoms with Gasteiger partial charge in [0.2, 0.25) is 10.0 Å². The Hall–Kier alpha value is -1.03. The smallest absolute Gasteiger partial charge is 0.229 e. The van der Waals surface area contributed by atoms with Crippen LogP contribution in [-0.2, 0) is 15.4 Å². The van der Waals surface area contributed by atoms with Gasteiger partial charge in [-0.3, -0.25) is 4.72 Å². The Labute approximate surface area is 97.9 Å². The predicted molar refractivity (Wildman–Crippen MR) is 68.2 cm³/mol. The van der Waals surface area contributed by atoms with E-state index in [4.69, 9.17) is 0 Å². The quantitative estimate of drug-likeness (QED) is 0.881. The fourth-order valence-electron chi connectivity index (χ4n) is 1.42. The van der Waals surface area contributed by atoms with E-state index in [-0.39, 0.29) is 5.41 Å². The maximum Gasteiger partial charge on any atom is 0.229 e. The average molecular weight is 241 g/mol. The van der Waals surface area contributed by atoms with Crippen LogP contribution in [0.3, 0.4) is 0 Å². The minimum Gasteiger partial charge on any atom is -0.284 e. The van der Waals surface area contributed by atoms with Crippen molar-refractivity contribution in [2.75, 3.05) is 11.0 Å². The topological polar surface area (TPSA) is 46.2 Å². The lowest BCUT2D eigenvalue weighted by molar-refractivity contribution is 0.506. The zero-order chi connectivity index (χ0) is 12.4. The van der Waals surface area contributed by atoms with Gasteiger partial charge in [0.15, 0.2) is 0 Å². The molecule has 1 N–H and O–H groups in total. The van der Waals surface area contributed by atoms with Gasteiger partial charge < -0.3 is 0 Å². The van der Waals surface area contributed by atoms with E-state index in [9.17, 15) is 8.42 Å². The number of benzene rings is 1. The summed E-state index contributed by atoms with van der Waals surface area (Å²) in [5.74, 6) is 0. The summed E-state index contributed by atoms with van der Waals surface area (Å²) in [4.78, 5) is 0. The van der Waals surface area contributed by atoms with Gasteiger partial charge in [-0.25, -0.2) is 8.42 Å². The third-order valence-electron chi connectivity index (χ3n) is 2.83. The Morgan fingerprint density at radius 1 is 1.31 bits per heavy atom. The molecule has 0 aliphatic rings. The fourth-order valence-corrected chi connectivity index (χ4v) is 1.98. The van der Waals surface area contributed by atoms with Crippen LogP contribution in [0.5, 0.6) is 0 Å². The summed E-state index contributed by atoms with van der Waals surface area (Å²) in [6, 6.07) is 7.55. The van der Waals surface area contributed by atoms with E-state index < -0.39 is 10.0 Å². The highest BCUT2D eigenvalue weighted by atomic mass is 32.2. The SMILES string of the molecule is CCC(C)(C)c1cccc(NS(C)(=O)=O)c1. The van der Waals surface area contributed by atoms with Crippen molar-refractivity contribution in [1.29, 1.82) is 0 Å². The summed E-state index contributed by atoms with van der Waals surface area (Å²) < 4.78 is 24.7. The van der Waals surface area contributed by atoms with E-state index in [1.807, 2.05) is 18.2 Å². The first kappa shape index (κ1) is 13.0. The van der Waals surface area contributed by atoms with Crippen molar-refractivity contribution < 1.29 is 8.42 Å². The Morgan fingerprint density at radius 3 is 2.44 bits per heavy atom. The minimum atomic E-state index is -3.20. The molecular weight excluding hydrogens is 222 g/mol. The Balaban J connectivity index is 3.05. The lowest BCUT2D eigenvalue weighted by Gasteiger charge is -2.23. The van der Waals surface area contributed by atoms with Crippen LogP contribution < -0.4 is 4.72 Å². The molecule has 3 nitrogen and oxygen atoms in total. The van der Waals surface area contributed by atoms with Crippen molar-refractivity contribution in [3.05, 3.63) is 29.8 Å². The first-order valence-electron chi connectivity index (χ1n) is 5.33. The number of anilines is 1. The van der Waals surface area contributed by atoms with Crippen LogP contribution in [0, 0.1) is 0 Å². The van der Waals surface area contributed by atoms with E-state index in [2.05, 4.69) is 25.5 Å². The molecule has 0 aliphatic heterocycles. The Kier molecular flexibility index (Phi) is 3.63. The first-order chi connectivity index (χ1) is 7.24. The second-order valence-corrected chi connectivity index (χ2v) is 6.44. The lowest BCUT2D eigenvalue weighted by atomic mass is 9.82. The van der Waals surface area contributed by atoms with Crippen molar-refractivity contribution in [2.45, 2.75) is 32.6 Å². The summed E-state index contributed by atoms with van der Waals surface area (Å²) in [6.07, 6.45) is 2.17. The van der Waals surface area contributed by atoms with E-state index in [1.165, 1.54) is 0 Å². The number of rotatable bonds is 4. The maximum absolute atomic E-state index is 11.1. The summed E-state index contributed by atoms with van der Waals surface area (Å²) in [6.45, 7) is 6.41. The largest absolute Gasteiger partial charge is 0.284 e. The molecule has 0 heterocycles. The van der Waals surface area contributed by atoms with Crippen molar-refractivity contribution in [2.24, 2.45) is 0 Å². The second kappa shape index (κ2) is 4.45. The highest BCUT2D eigenvalue weighted by Crippen LogP contribution is 2.28. The lowest BCUT2D eigenvalue weighted by Crippen LogP contribution is -2.16. The summed E-state index contributed by atoms with van der Waals surface area (Å²) >= 11 is 0. The summed E-state index contributed by atoms with van der Waals surface area (Å²) in [7, 11) is -3.20. The van der Waals surface area contributed by atoms with Crippen LogP contribution in [0.15, 0.2) is 24.3 Å². The molecule has 0 unspecified atom stereocenters. The van der Waals surface area contributed by atoms with Crippen molar-refractivity contribution in [1.82, 2.24) is 0 Å². The minimum absolute atomic E-state index is 0.0647. The third-order valence-corrected chi connectivity index (χ3v) is 3.44. The summed E-state index contributed by atoms with van der Waals surface area (Å²) in [5, 5.41) is 0. The molecule has 1 rings (SSSR count). The van der Waals surface area contributed by atoms with E-state index in [0.29, 0.717) is 5.69 Å². The van der Waals surface area contributed by atoms with Gasteiger partial charge in [-0.05, 0) is 29.5 Å². The molecule has 90 valence electrons. The third kappa shape index (κ3) is 3.52. The second-order valence-electron chi connectivity index (χ2n) is 4.69. The van der Waals surface area contributed by atoms with Crippen molar-refractivity contribution >= 4 is 15.7 Å². The fraction of sp³-hybridized carbons (Fsp3) is 0.500. The standard InChI is InChI=1S/C12H19NO2S/c1-5-12(2,3)10-7-6-8-11(9-10)13-16(4,14)15/h6-9,13H,5H2,1-4H3.